The van der Waals surface area contributed by atoms with Gasteiger partial charge in [0.25, 0.3) is 0 Å². The molecular weight excluding hydrogens is 260 g/mol. The Hall–Kier alpha value is -1.63. The quantitative estimate of drug-likeness (QED) is 0.593. The highest BCUT2D eigenvalue weighted by atomic mass is 16.2. The number of hydrogen-bond acceptors (Lipinski definition) is 4. The number of carbonyl (C=O) groups excluding carboxylic acids is 3. The first-order valence-electron chi connectivity index (χ1n) is 7.22. The molecule has 1 aliphatic carbocycles. The molecule has 0 bridgehead atoms. The number of nitrogens with one attached hydrogen (secondary N) is 2. The minimum Gasteiger partial charge on any atom is -0.354 e. The van der Waals surface area contributed by atoms with Gasteiger partial charge >= 0.3 is 11.8 Å². The maximum atomic E-state index is 12.0. The third-order valence-electron chi connectivity index (χ3n) is 4.13. The zero-order valence-electron chi connectivity index (χ0n) is 11.4. The Kier molecular flexibility index (Phi) is 3.60. The molecule has 0 spiro atoms. The van der Waals surface area contributed by atoms with Crippen LogP contribution in [0.25, 0.3) is 0 Å². The molecule has 0 aromatic rings. The summed E-state index contributed by atoms with van der Waals surface area (Å²) in [5.74, 6) is -0.589. The third kappa shape index (κ3) is 2.77. The van der Waals surface area contributed by atoms with Crippen LogP contribution >= 0.6 is 0 Å². The third-order valence-corrected chi connectivity index (χ3v) is 4.13. The summed E-state index contributed by atoms with van der Waals surface area (Å²) in [7, 11) is 0. The van der Waals surface area contributed by atoms with Crippen LogP contribution in [0, 0.1) is 5.92 Å². The summed E-state index contributed by atoms with van der Waals surface area (Å²) in [4.78, 5) is 38.8. The second-order valence-corrected chi connectivity index (χ2v) is 5.79. The summed E-state index contributed by atoms with van der Waals surface area (Å²) in [6.45, 7) is 3.08. The smallest absolute Gasteiger partial charge is 0.312 e. The van der Waals surface area contributed by atoms with Crippen LogP contribution in [-0.4, -0.2) is 72.8 Å². The zero-order valence-corrected chi connectivity index (χ0v) is 11.4. The number of rotatable bonds is 4. The molecule has 2 aliphatic heterocycles. The number of amides is 3. The number of nitrogens with zero attached hydrogens (tertiary/aromatic N) is 2. The molecule has 0 radical (unpaired) electrons. The van der Waals surface area contributed by atoms with Crippen LogP contribution in [0.2, 0.25) is 0 Å². The lowest BCUT2D eigenvalue weighted by molar-refractivity contribution is -0.160. The van der Waals surface area contributed by atoms with E-state index in [-0.39, 0.29) is 18.5 Å². The molecule has 2 saturated heterocycles. The van der Waals surface area contributed by atoms with Crippen molar-refractivity contribution in [3.63, 3.8) is 0 Å². The van der Waals surface area contributed by atoms with Crippen LogP contribution in [-0.2, 0) is 14.4 Å². The van der Waals surface area contributed by atoms with Crippen molar-refractivity contribution in [3.05, 3.63) is 0 Å². The first-order chi connectivity index (χ1) is 9.65. The van der Waals surface area contributed by atoms with Crippen LogP contribution in [0.1, 0.15) is 12.8 Å². The average Bonchev–Trinajstić information content (AvgIpc) is 3.26. The van der Waals surface area contributed by atoms with Gasteiger partial charge in [0.1, 0.15) is 6.54 Å². The van der Waals surface area contributed by atoms with Gasteiger partial charge in [-0.2, -0.15) is 0 Å². The summed E-state index contributed by atoms with van der Waals surface area (Å²) in [6, 6.07) is -0.00909. The first-order valence-corrected chi connectivity index (χ1v) is 7.22. The van der Waals surface area contributed by atoms with Crippen molar-refractivity contribution in [3.8, 4) is 0 Å². The molecule has 2 heterocycles. The lowest BCUT2D eigenvalue weighted by atomic mass is 10.1. The van der Waals surface area contributed by atoms with E-state index < -0.39 is 11.8 Å². The maximum absolute atomic E-state index is 12.0. The van der Waals surface area contributed by atoms with Crippen LogP contribution in [0.3, 0.4) is 0 Å². The second-order valence-electron chi connectivity index (χ2n) is 5.79. The van der Waals surface area contributed by atoms with Crippen LogP contribution in [0.4, 0.5) is 0 Å². The van der Waals surface area contributed by atoms with E-state index in [0.717, 1.165) is 6.54 Å². The van der Waals surface area contributed by atoms with Crippen LogP contribution < -0.4 is 10.6 Å². The van der Waals surface area contributed by atoms with E-state index >= 15 is 0 Å². The molecule has 3 amide bonds. The standard InChI is InChI=1S/C13H20N4O3/c18-11(15-5-9-1-2-9)8-16-7-10-6-14-3-4-17(10)13(20)12(16)19/h9-10,14H,1-8H2,(H,15,18). The maximum Gasteiger partial charge on any atom is 0.312 e. The van der Waals surface area contributed by atoms with E-state index in [9.17, 15) is 14.4 Å². The first kappa shape index (κ1) is 13.4. The van der Waals surface area contributed by atoms with Crippen molar-refractivity contribution in [1.82, 2.24) is 20.4 Å². The van der Waals surface area contributed by atoms with Gasteiger partial charge in [0.05, 0.1) is 6.04 Å². The van der Waals surface area contributed by atoms with Crippen LogP contribution in [0.5, 0.6) is 0 Å². The van der Waals surface area contributed by atoms with Crippen molar-refractivity contribution in [2.24, 2.45) is 5.92 Å². The Morgan fingerprint density at radius 1 is 1.30 bits per heavy atom. The topological polar surface area (TPSA) is 81.8 Å². The van der Waals surface area contributed by atoms with Gasteiger partial charge in [-0.1, -0.05) is 0 Å². The molecule has 1 atom stereocenters. The van der Waals surface area contributed by atoms with Crippen molar-refractivity contribution in [2.75, 3.05) is 39.3 Å². The molecule has 3 fully saturated rings. The molecule has 3 rings (SSSR count). The highest BCUT2D eigenvalue weighted by Crippen LogP contribution is 2.27. The van der Waals surface area contributed by atoms with Gasteiger partial charge in [-0.3, -0.25) is 14.4 Å². The fourth-order valence-corrected chi connectivity index (χ4v) is 2.73. The van der Waals surface area contributed by atoms with E-state index in [4.69, 9.17) is 0 Å². The zero-order chi connectivity index (χ0) is 14.1. The lowest BCUT2D eigenvalue weighted by Gasteiger charge is -2.43. The lowest BCUT2D eigenvalue weighted by Crippen LogP contribution is -2.66. The summed E-state index contributed by atoms with van der Waals surface area (Å²) >= 11 is 0. The molecule has 0 aromatic carbocycles. The minimum absolute atomic E-state index is 0.00909. The van der Waals surface area contributed by atoms with E-state index in [0.29, 0.717) is 32.1 Å². The van der Waals surface area contributed by atoms with Gasteiger partial charge in [-0.05, 0) is 18.8 Å². The molecule has 7 nitrogen and oxygen atoms in total. The number of fused-ring (bicyclic) bond motifs is 1. The Balaban J connectivity index is 1.56. The van der Waals surface area contributed by atoms with Gasteiger partial charge in [0, 0.05) is 32.7 Å². The highest BCUT2D eigenvalue weighted by Gasteiger charge is 2.40. The van der Waals surface area contributed by atoms with Crippen molar-refractivity contribution < 1.29 is 14.4 Å². The molecule has 110 valence electrons. The van der Waals surface area contributed by atoms with Crippen LogP contribution in [0.15, 0.2) is 0 Å². The Labute approximate surface area is 117 Å². The Morgan fingerprint density at radius 3 is 2.85 bits per heavy atom. The number of hydrogen-bond donors (Lipinski definition) is 2. The van der Waals surface area contributed by atoms with Gasteiger partial charge in [0.15, 0.2) is 0 Å². The molecule has 0 aromatic heterocycles. The van der Waals surface area contributed by atoms with E-state index in [2.05, 4.69) is 10.6 Å². The summed E-state index contributed by atoms with van der Waals surface area (Å²) in [6.07, 6.45) is 2.34. The molecule has 3 aliphatic rings. The predicted molar refractivity (Wildman–Crippen MR) is 70.7 cm³/mol. The number of carbonyl (C=O) groups is 3. The van der Waals surface area contributed by atoms with Gasteiger partial charge in [0.2, 0.25) is 5.91 Å². The van der Waals surface area contributed by atoms with E-state index in [1.165, 1.54) is 17.7 Å². The average molecular weight is 280 g/mol. The summed E-state index contributed by atoms with van der Waals surface area (Å²) < 4.78 is 0. The van der Waals surface area contributed by atoms with Gasteiger partial charge in [-0.15, -0.1) is 0 Å². The predicted octanol–water partition coefficient (Wildman–Crippen LogP) is -1.84. The van der Waals surface area contributed by atoms with E-state index in [1.54, 1.807) is 4.90 Å². The fraction of sp³-hybridized carbons (Fsp3) is 0.769. The number of piperazine rings is 2. The molecule has 20 heavy (non-hydrogen) atoms. The normalized spacial score (nSPS) is 26.5. The summed E-state index contributed by atoms with van der Waals surface area (Å²) in [5.41, 5.74) is 0. The Morgan fingerprint density at radius 2 is 2.10 bits per heavy atom. The molecule has 7 heteroatoms. The monoisotopic (exact) mass is 280 g/mol. The van der Waals surface area contributed by atoms with Gasteiger partial charge in [-0.25, -0.2) is 0 Å². The minimum atomic E-state index is -0.551. The molecular formula is C13H20N4O3. The van der Waals surface area contributed by atoms with Crippen molar-refractivity contribution in [2.45, 2.75) is 18.9 Å². The summed E-state index contributed by atoms with van der Waals surface area (Å²) in [5, 5.41) is 6.04. The highest BCUT2D eigenvalue weighted by molar-refractivity contribution is 6.35. The van der Waals surface area contributed by atoms with E-state index in [1.807, 2.05) is 0 Å². The van der Waals surface area contributed by atoms with Crippen molar-refractivity contribution >= 4 is 17.7 Å². The van der Waals surface area contributed by atoms with Gasteiger partial charge < -0.3 is 20.4 Å². The molecule has 2 N–H and O–H groups in total. The van der Waals surface area contributed by atoms with Crippen molar-refractivity contribution in [1.29, 1.82) is 0 Å². The Bertz CT molecular complexity index is 435. The molecule has 1 unspecified atom stereocenters. The molecule has 1 saturated carbocycles. The SMILES string of the molecule is O=C(CN1CC2CNCCN2C(=O)C1=O)NCC1CC1. The second kappa shape index (κ2) is 5.40. The fourth-order valence-electron chi connectivity index (χ4n) is 2.73. The largest absolute Gasteiger partial charge is 0.354 e.